The standard InChI is InChI=1S/C20H30N2O5S/c1-28(25,26)22-13-10-18-17(15-22)6-4-7-19(18)27-14-3-2-5-16-8-11-21(12-9-16)20(23)24/h4,6-7,16H,2-3,5,8-15H2,1H3,(H,23,24). The maximum Gasteiger partial charge on any atom is 0.407 e. The predicted molar refractivity (Wildman–Crippen MR) is 107 cm³/mol. The number of likely N-dealkylation sites (tertiary alicyclic amines) is 1. The molecule has 0 spiro atoms. The van der Waals surface area contributed by atoms with Gasteiger partial charge < -0.3 is 14.7 Å². The Morgan fingerprint density at radius 2 is 1.96 bits per heavy atom. The number of carbonyl (C=O) groups is 1. The lowest BCUT2D eigenvalue weighted by Crippen LogP contribution is -2.37. The molecule has 7 nitrogen and oxygen atoms in total. The molecule has 156 valence electrons. The van der Waals surface area contributed by atoms with E-state index in [-0.39, 0.29) is 0 Å². The lowest BCUT2D eigenvalue weighted by atomic mass is 9.92. The van der Waals surface area contributed by atoms with Gasteiger partial charge in [-0.25, -0.2) is 13.2 Å². The molecule has 1 aromatic rings. The zero-order valence-electron chi connectivity index (χ0n) is 16.5. The van der Waals surface area contributed by atoms with E-state index < -0.39 is 16.1 Å². The van der Waals surface area contributed by atoms with Crippen LogP contribution in [0.2, 0.25) is 0 Å². The van der Waals surface area contributed by atoms with Crippen molar-refractivity contribution in [1.29, 1.82) is 0 Å². The number of rotatable bonds is 7. The highest BCUT2D eigenvalue weighted by Gasteiger charge is 2.25. The number of nitrogens with zero attached hydrogens (tertiary/aromatic N) is 2. The second kappa shape index (κ2) is 9.13. The van der Waals surface area contributed by atoms with Crippen molar-refractivity contribution >= 4 is 16.1 Å². The molecule has 1 saturated heterocycles. The maximum absolute atomic E-state index is 11.8. The quantitative estimate of drug-likeness (QED) is 0.699. The van der Waals surface area contributed by atoms with Crippen LogP contribution in [-0.2, 0) is 23.0 Å². The van der Waals surface area contributed by atoms with E-state index in [2.05, 4.69) is 0 Å². The third-order valence-corrected chi connectivity index (χ3v) is 7.06. The van der Waals surface area contributed by atoms with E-state index in [0.29, 0.717) is 45.1 Å². The molecule has 0 aliphatic carbocycles. The van der Waals surface area contributed by atoms with Crippen LogP contribution in [0.3, 0.4) is 0 Å². The Hall–Kier alpha value is -1.80. The minimum Gasteiger partial charge on any atom is -0.493 e. The molecule has 0 aromatic heterocycles. The summed E-state index contributed by atoms with van der Waals surface area (Å²) in [4.78, 5) is 12.4. The number of amides is 1. The average Bonchev–Trinajstić information content (AvgIpc) is 2.67. The van der Waals surface area contributed by atoms with E-state index in [1.54, 1.807) is 0 Å². The fourth-order valence-corrected chi connectivity index (χ4v) is 4.89. The average molecular weight is 411 g/mol. The summed E-state index contributed by atoms with van der Waals surface area (Å²) >= 11 is 0. The van der Waals surface area contributed by atoms with Gasteiger partial charge in [0.05, 0.1) is 12.9 Å². The smallest absolute Gasteiger partial charge is 0.407 e. The molecule has 1 fully saturated rings. The highest BCUT2D eigenvalue weighted by molar-refractivity contribution is 7.88. The Balaban J connectivity index is 1.41. The van der Waals surface area contributed by atoms with Gasteiger partial charge in [0.2, 0.25) is 10.0 Å². The molecule has 28 heavy (non-hydrogen) atoms. The normalized spacial score (nSPS) is 18.7. The highest BCUT2D eigenvalue weighted by atomic mass is 32.2. The zero-order valence-corrected chi connectivity index (χ0v) is 17.3. The maximum atomic E-state index is 11.8. The van der Waals surface area contributed by atoms with Gasteiger partial charge in [0.25, 0.3) is 0 Å². The number of sulfonamides is 1. The first kappa shape index (κ1) is 20.9. The molecule has 2 heterocycles. The van der Waals surface area contributed by atoms with Crippen molar-refractivity contribution in [2.75, 3.05) is 32.5 Å². The molecule has 0 atom stereocenters. The molecule has 2 aliphatic heterocycles. The fraction of sp³-hybridized carbons (Fsp3) is 0.650. The van der Waals surface area contributed by atoms with Crippen molar-refractivity contribution in [2.24, 2.45) is 5.92 Å². The Bertz CT molecular complexity index is 788. The van der Waals surface area contributed by atoms with Crippen LogP contribution in [0.4, 0.5) is 4.79 Å². The number of fused-ring (bicyclic) bond motifs is 1. The summed E-state index contributed by atoms with van der Waals surface area (Å²) in [7, 11) is -3.17. The second-order valence-electron chi connectivity index (χ2n) is 7.80. The number of hydrogen-bond donors (Lipinski definition) is 1. The van der Waals surface area contributed by atoms with Crippen LogP contribution in [0.25, 0.3) is 0 Å². The van der Waals surface area contributed by atoms with Gasteiger partial charge in [-0.05, 0) is 55.2 Å². The Morgan fingerprint density at radius 3 is 2.64 bits per heavy atom. The molecule has 8 heteroatoms. The number of carboxylic acid groups (broad SMARTS) is 1. The SMILES string of the molecule is CS(=O)(=O)N1CCc2c(cccc2OCCCCC2CCN(C(=O)O)CC2)C1. The van der Waals surface area contributed by atoms with Crippen molar-refractivity contribution in [3.8, 4) is 5.75 Å². The van der Waals surface area contributed by atoms with E-state index in [1.807, 2.05) is 18.2 Å². The lowest BCUT2D eigenvalue weighted by molar-refractivity contribution is 0.122. The molecule has 0 radical (unpaired) electrons. The number of unbranched alkanes of at least 4 members (excludes halogenated alkanes) is 1. The fourth-order valence-electron chi connectivity index (χ4n) is 4.10. The van der Waals surface area contributed by atoms with Crippen LogP contribution in [0.1, 0.15) is 43.2 Å². The molecule has 1 N–H and O–H groups in total. The minimum atomic E-state index is -3.17. The van der Waals surface area contributed by atoms with E-state index in [4.69, 9.17) is 9.84 Å². The van der Waals surface area contributed by atoms with E-state index in [9.17, 15) is 13.2 Å². The van der Waals surface area contributed by atoms with Gasteiger partial charge in [-0.1, -0.05) is 18.6 Å². The lowest BCUT2D eigenvalue weighted by Gasteiger charge is -2.30. The molecular weight excluding hydrogens is 380 g/mol. The van der Waals surface area contributed by atoms with Gasteiger partial charge in [-0.2, -0.15) is 4.31 Å². The zero-order chi connectivity index (χ0) is 20.1. The summed E-state index contributed by atoms with van der Waals surface area (Å²) in [5.74, 6) is 1.49. The van der Waals surface area contributed by atoms with Crippen LogP contribution in [-0.4, -0.2) is 61.3 Å². The molecule has 1 aromatic carbocycles. The van der Waals surface area contributed by atoms with Gasteiger partial charge in [-0.15, -0.1) is 0 Å². The molecule has 0 unspecified atom stereocenters. The topological polar surface area (TPSA) is 87.2 Å². The number of benzene rings is 1. The summed E-state index contributed by atoms with van der Waals surface area (Å²) in [6.07, 6.45) is 6.20. The van der Waals surface area contributed by atoms with Crippen molar-refractivity contribution in [3.63, 3.8) is 0 Å². The molecule has 0 bridgehead atoms. The van der Waals surface area contributed by atoms with E-state index >= 15 is 0 Å². The van der Waals surface area contributed by atoms with Gasteiger partial charge >= 0.3 is 6.09 Å². The monoisotopic (exact) mass is 410 g/mol. The first-order valence-corrected chi connectivity index (χ1v) is 11.9. The van der Waals surface area contributed by atoms with Crippen LogP contribution in [0, 0.1) is 5.92 Å². The van der Waals surface area contributed by atoms with Gasteiger partial charge in [-0.3, -0.25) is 0 Å². The van der Waals surface area contributed by atoms with Crippen molar-refractivity contribution in [3.05, 3.63) is 29.3 Å². The molecule has 1 amide bonds. The highest BCUT2D eigenvalue weighted by Crippen LogP contribution is 2.29. The number of ether oxygens (including phenoxy) is 1. The van der Waals surface area contributed by atoms with Crippen LogP contribution in [0.5, 0.6) is 5.75 Å². The third kappa shape index (κ3) is 5.38. The first-order chi connectivity index (χ1) is 13.3. The molecule has 3 rings (SSSR count). The summed E-state index contributed by atoms with van der Waals surface area (Å²) in [6, 6.07) is 5.87. The molecule has 2 aliphatic rings. The largest absolute Gasteiger partial charge is 0.493 e. The second-order valence-corrected chi connectivity index (χ2v) is 9.78. The molecule has 0 saturated carbocycles. The number of piperidine rings is 1. The van der Waals surface area contributed by atoms with Crippen molar-refractivity contribution in [1.82, 2.24) is 9.21 Å². The van der Waals surface area contributed by atoms with Crippen LogP contribution in [0.15, 0.2) is 18.2 Å². The van der Waals surface area contributed by atoms with Gasteiger partial charge in [0.15, 0.2) is 0 Å². The van der Waals surface area contributed by atoms with E-state index in [0.717, 1.165) is 49.0 Å². The summed E-state index contributed by atoms with van der Waals surface area (Å²) < 4.78 is 31.1. The third-order valence-electron chi connectivity index (χ3n) is 5.81. The molecular formula is C20H30N2O5S. The van der Waals surface area contributed by atoms with E-state index in [1.165, 1.54) is 15.5 Å². The predicted octanol–water partition coefficient (Wildman–Crippen LogP) is 2.94. The van der Waals surface area contributed by atoms with Crippen LogP contribution >= 0.6 is 0 Å². The summed E-state index contributed by atoms with van der Waals surface area (Å²) in [6.45, 7) is 2.87. The Labute approximate surface area is 167 Å². The van der Waals surface area contributed by atoms with Gasteiger partial charge in [0.1, 0.15) is 5.75 Å². The van der Waals surface area contributed by atoms with Gasteiger partial charge in [0, 0.05) is 26.2 Å². The van der Waals surface area contributed by atoms with Crippen molar-refractivity contribution in [2.45, 2.75) is 45.1 Å². The summed E-state index contributed by atoms with van der Waals surface area (Å²) in [5.41, 5.74) is 2.16. The van der Waals surface area contributed by atoms with Crippen molar-refractivity contribution < 1.29 is 23.1 Å². The Kier molecular flexibility index (Phi) is 6.82. The summed E-state index contributed by atoms with van der Waals surface area (Å²) in [5, 5.41) is 8.99. The van der Waals surface area contributed by atoms with Crippen LogP contribution < -0.4 is 4.74 Å². The Morgan fingerprint density at radius 1 is 1.21 bits per heavy atom. The minimum absolute atomic E-state index is 0.417. The first-order valence-electron chi connectivity index (χ1n) is 10.0. The number of hydrogen-bond acceptors (Lipinski definition) is 4.